The summed E-state index contributed by atoms with van der Waals surface area (Å²) >= 11 is 5.31. The molecule has 2 rings (SSSR count). The van der Waals surface area contributed by atoms with Crippen LogP contribution in [0.25, 0.3) is 0 Å². The maximum absolute atomic E-state index is 11.8. The zero-order valence-corrected chi connectivity index (χ0v) is 19.4. The van der Waals surface area contributed by atoms with Crippen LogP contribution in [0.15, 0.2) is 24.3 Å². The number of hydrogen-bond acceptors (Lipinski definition) is 10. The monoisotopic (exact) mass is 482 g/mol. The van der Waals surface area contributed by atoms with Gasteiger partial charge in [0, 0.05) is 26.5 Å². The number of thiocarbonyl (C=S) groups is 1. The molecule has 1 heterocycles. The van der Waals surface area contributed by atoms with Gasteiger partial charge in [0.1, 0.15) is 0 Å². The smallest absolute Gasteiger partial charge is 0.338 e. The molecule has 0 saturated carbocycles. The van der Waals surface area contributed by atoms with Crippen molar-refractivity contribution in [3.63, 3.8) is 0 Å². The highest BCUT2D eigenvalue weighted by Gasteiger charge is 2.47. The predicted molar refractivity (Wildman–Crippen MR) is 118 cm³/mol. The summed E-state index contributed by atoms with van der Waals surface area (Å²) < 4.78 is 26.4. The molecule has 12 heteroatoms. The molecule has 0 spiro atoms. The van der Waals surface area contributed by atoms with Crippen LogP contribution in [-0.2, 0) is 38.1 Å². The van der Waals surface area contributed by atoms with E-state index in [9.17, 15) is 19.2 Å². The third-order valence-corrected chi connectivity index (χ3v) is 4.50. The Morgan fingerprint density at radius 3 is 2.09 bits per heavy atom. The van der Waals surface area contributed by atoms with Crippen molar-refractivity contribution in [2.75, 3.05) is 18.5 Å². The highest BCUT2D eigenvalue weighted by atomic mass is 32.1. The van der Waals surface area contributed by atoms with Crippen LogP contribution >= 0.6 is 12.2 Å². The van der Waals surface area contributed by atoms with Crippen LogP contribution in [0, 0.1) is 0 Å². The Morgan fingerprint density at radius 2 is 1.55 bits per heavy atom. The zero-order chi connectivity index (χ0) is 24.5. The SMILES string of the molecule is CCOC(=O)c1ccc(NC(=S)N[C@@H]2OC[C@H](OC(C)=O)[C@H](OC(C)=O)[C@@H]2OC(C)=O)cc1. The van der Waals surface area contributed by atoms with Crippen LogP contribution in [0.2, 0.25) is 0 Å². The molecule has 11 nitrogen and oxygen atoms in total. The molecule has 2 N–H and O–H groups in total. The molecule has 1 aliphatic rings. The van der Waals surface area contributed by atoms with E-state index in [0.717, 1.165) is 0 Å². The zero-order valence-electron chi connectivity index (χ0n) is 18.6. The van der Waals surface area contributed by atoms with Crippen LogP contribution in [-0.4, -0.2) is 66.7 Å². The molecule has 0 unspecified atom stereocenters. The summed E-state index contributed by atoms with van der Waals surface area (Å²) in [7, 11) is 0. The topological polar surface area (TPSA) is 138 Å². The number of nitrogens with one attached hydrogen (secondary N) is 2. The highest BCUT2D eigenvalue weighted by molar-refractivity contribution is 7.80. The van der Waals surface area contributed by atoms with Gasteiger partial charge in [0.2, 0.25) is 0 Å². The number of carbonyl (C=O) groups is 4. The maximum atomic E-state index is 11.8. The van der Waals surface area contributed by atoms with Gasteiger partial charge in [-0.25, -0.2) is 4.79 Å². The fraction of sp³-hybridized carbons (Fsp3) is 0.476. The standard InChI is InChI=1S/C21H26N2O9S/c1-5-28-20(27)14-6-8-15(9-7-14)22-21(33)23-19-18(32-13(4)26)17(31-12(3)25)16(10-29-19)30-11(2)24/h6-9,16-19H,5,10H2,1-4H3,(H2,22,23,33)/t16-,17-,18-,19+/m0/s1. The molecule has 1 fully saturated rings. The Morgan fingerprint density at radius 1 is 0.970 bits per heavy atom. The average molecular weight is 483 g/mol. The van der Waals surface area contributed by atoms with E-state index in [4.69, 9.17) is 35.9 Å². The van der Waals surface area contributed by atoms with Crippen molar-refractivity contribution in [1.29, 1.82) is 0 Å². The molecule has 1 aliphatic heterocycles. The van der Waals surface area contributed by atoms with Crippen molar-refractivity contribution in [3.8, 4) is 0 Å². The molecule has 4 atom stereocenters. The molecular formula is C21H26N2O9S. The van der Waals surface area contributed by atoms with E-state index in [1.165, 1.54) is 20.8 Å². The van der Waals surface area contributed by atoms with E-state index in [0.29, 0.717) is 11.3 Å². The summed E-state index contributed by atoms with van der Waals surface area (Å²) in [6, 6.07) is 6.40. The van der Waals surface area contributed by atoms with Gasteiger partial charge in [0.25, 0.3) is 0 Å². The van der Waals surface area contributed by atoms with Crippen LogP contribution in [0.1, 0.15) is 38.1 Å². The van der Waals surface area contributed by atoms with E-state index in [2.05, 4.69) is 10.6 Å². The number of rotatable bonds is 7. The second-order valence-corrected chi connectivity index (χ2v) is 7.35. The second-order valence-electron chi connectivity index (χ2n) is 6.95. The van der Waals surface area contributed by atoms with Crippen molar-refractivity contribution in [1.82, 2.24) is 5.32 Å². The largest absolute Gasteiger partial charge is 0.462 e. The molecule has 1 aromatic rings. The van der Waals surface area contributed by atoms with E-state index in [-0.39, 0.29) is 18.3 Å². The van der Waals surface area contributed by atoms with Gasteiger partial charge in [-0.3, -0.25) is 14.4 Å². The van der Waals surface area contributed by atoms with Gasteiger partial charge in [-0.1, -0.05) is 0 Å². The van der Waals surface area contributed by atoms with Gasteiger partial charge in [0.05, 0.1) is 18.8 Å². The lowest BCUT2D eigenvalue weighted by Crippen LogP contribution is -2.62. The fourth-order valence-corrected chi connectivity index (χ4v) is 3.30. The molecule has 0 amide bonds. The van der Waals surface area contributed by atoms with E-state index in [1.807, 2.05) is 0 Å². The number of hydrogen-bond donors (Lipinski definition) is 2. The number of esters is 4. The number of anilines is 1. The lowest BCUT2D eigenvalue weighted by atomic mass is 10.0. The van der Waals surface area contributed by atoms with Gasteiger partial charge in [-0.2, -0.15) is 0 Å². The molecule has 0 aliphatic carbocycles. The Hall–Kier alpha value is -3.25. The summed E-state index contributed by atoms with van der Waals surface area (Å²) in [6.45, 7) is 5.41. The highest BCUT2D eigenvalue weighted by Crippen LogP contribution is 2.23. The maximum Gasteiger partial charge on any atom is 0.338 e. The summed E-state index contributed by atoms with van der Waals surface area (Å²) in [6.07, 6.45) is -4.27. The number of benzene rings is 1. The van der Waals surface area contributed by atoms with E-state index < -0.39 is 48.4 Å². The first-order valence-corrected chi connectivity index (χ1v) is 10.5. The third kappa shape index (κ3) is 7.99. The quantitative estimate of drug-likeness (QED) is 0.329. The van der Waals surface area contributed by atoms with E-state index in [1.54, 1.807) is 31.2 Å². The summed E-state index contributed by atoms with van der Waals surface area (Å²) in [4.78, 5) is 46.5. The Bertz CT molecular complexity index is 890. The lowest BCUT2D eigenvalue weighted by Gasteiger charge is -2.40. The Labute approximate surface area is 196 Å². The summed E-state index contributed by atoms with van der Waals surface area (Å²) in [5.41, 5.74) is 0.947. The minimum Gasteiger partial charge on any atom is -0.462 e. The van der Waals surface area contributed by atoms with Crippen molar-refractivity contribution in [2.45, 2.75) is 52.2 Å². The molecule has 0 radical (unpaired) electrons. The molecule has 1 aromatic carbocycles. The molecule has 33 heavy (non-hydrogen) atoms. The molecule has 0 bridgehead atoms. The van der Waals surface area contributed by atoms with Crippen molar-refractivity contribution in [2.24, 2.45) is 0 Å². The van der Waals surface area contributed by atoms with Crippen LogP contribution in [0.4, 0.5) is 5.69 Å². The number of carbonyl (C=O) groups excluding carboxylic acids is 4. The Balaban J connectivity index is 2.12. The average Bonchev–Trinajstić information content (AvgIpc) is 2.72. The lowest BCUT2D eigenvalue weighted by molar-refractivity contribution is -0.227. The Kier molecular flexibility index (Phi) is 9.55. The fourth-order valence-electron chi connectivity index (χ4n) is 3.07. The van der Waals surface area contributed by atoms with Crippen LogP contribution in [0.3, 0.4) is 0 Å². The van der Waals surface area contributed by atoms with Crippen molar-refractivity contribution < 1.29 is 42.9 Å². The number of ether oxygens (including phenoxy) is 5. The molecule has 180 valence electrons. The van der Waals surface area contributed by atoms with Crippen LogP contribution in [0.5, 0.6) is 0 Å². The first-order valence-electron chi connectivity index (χ1n) is 10.1. The second kappa shape index (κ2) is 12.1. The summed E-state index contributed by atoms with van der Waals surface area (Å²) in [5, 5.41) is 5.88. The van der Waals surface area contributed by atoms with Gasteiger partial charge < -0.3 is 34.3 Å². The van der Waals surface area contributed by atoms with Gasteiger partial charge in [-0.15, -0.1) is 0 Å². The third-order valence-electron chi connectivity index (χ3n) is 4.28. The van der Waals surface area contributed by atoms with Gasteiger partial charge >= 0.3 is 23.9 Å². The first kappa shape index (κ1) is 26.0. The van der Waals surface area contributed by atoms with E-state index >= 15 is 0 Å². The normalized spacial score (nSPS) is 21.8. The minimum absolute atomic E-state index is 0.105. The first-order chi connectivity index (χ1) is 15.6. The van der Waals surface area contributed by atoms with Gasteiger partial charge in [0.15, 0.2) is 29.7 Å². The molecule has 0 aromatic heterocycles. The summed E-state index contributed by atoms with van der Waals surface area (Å²) in [5.74, 6) is -2.37. The predicted octanol–water partition coefficient (Wildman–Crippen LogP) is 1.30. The minimum atomic E-state index is -1.16. The van der Waals surface area contributed by atoms with Crippen molar-refractivity contribution in [3.05, 3.63) is 29.8 Å². The van der Waals surface area contributed by atoms with Crippen molar-refractivity contribution >= 4 is 46.9 Å². The van der Waals surface area contributed by atoms with Crippen LogP contribution < -0.4 is 10.6 Å². The van der Waals surface area contributed by atoms with Gasteiger partial charge in [-0.05, 0) is 43.4 Å². The molecular weight excluding hydrogens is 456 g/mol. The molecule has 1 saturated heterocycles.